The van der Waals surface area contributed by atoms with Crippen LogP contribution in [0.15, 0.2) is 0 Å². The number of amides is 1. The van der Waals surface area contributed by atoms with E-state index >= 15 is 0 Å². The van der Waals surface area contributed by atoms with Crippen molar-refractivity contribution in [3.63, 3.8) is 0 Å². The number of nitrogens with zero attached hydrogens (tertiary/aromatic N) is 2. The third kappa shape index (κ3) is 2.19. The normalized spacial score (nSPS) is 27.5. The van der Waals surface area contributed by atoms with Crippen LogP contribution in [0.2, 0.25) is 0 Å². The van der Waals surface area contributed by atoms with E-state index in [2.05, 4.69) is 5.01 Å². The molecule has 0 atom stereocenters. The number of halogens is 1. The molecule has 2 saturated heterocycles. The minimum Gasteiger partial charge on any atom is -0.211 e. The van der Waals surface area contributed by atoms with Crippen molar-refractivity contribution < 1.29 is 9.39 Å². The van der Waals surface area contributed by atoms with Crippen LogP contribution in [-0.2, 0) is 0 Å². The minimum absolute atomic E-state index is 0.170. The van der Waals surface area contributed by atoms with E-state index < -0.39 is 0 Å². The second-order valence-corrected chi connectivity index (χ2v) is 5.02. The van der Waals surface area contributed by atoms with Gasteiger partial charge in [0.05, 0.1) is 0 Å². The number of piperidine rings is 2. The van der Waals surface area contributed by atoms with E-state index in [0.717, 1.165) is 39.0 Å². The molecule has 3 nitrogen and oxygen atoms in total. The quantitative estimate of drug-likeness (QED) is 0.393. The summed E-state index contributed by atoms with van der Waals surface area (Å²) in [4.78, 5) is 11.7. The van der Waals surface area contributed by atoms with E-state index in [-0.39, 0.29) is 5.37 Å². The van der Waals surface area contributed by atoms with Crippen molar-refractivity contribution in [2.45, 2.75) is 38.5 Å². The second kappa shape index (κ2) is 4.81. The topological polar surface area (TPSA) is 20.3 Å². The van der Waals surface area contributed by atoms with E-state index in [9.17, 15) is 4.79 Å². The first-order chi connectivity index (χ1) is 7.26. The van der Waals surface area contributed by atoms with Crippen molar-refractivity contribution in [3.8, 4) is 0 Å². The Morgan fingerprint density at radius 2 is 1.47 bits per heavy atom. The molecule has 0 aliphatic carbocycles. The fraction of sp³-hybridized carbons (Fsp3) is 0.909. The lowest BCUT2D eigenvalue weighted by atomic mass is 10.1. The van der Waals surface area contributed by atoms with E-state index in [0.29, 0.717) is 4.59 Å². The standard InChI is InChI=1S/C11H20ClN2O/c12-11(15)14(9-5-2-6-10-14)13-7-3-1-4-8-13/h1-10H2/q+1. The van der Waals surface area contributed by atoms with E-state index in [1.807, 2.05) is 0 Å². The summed E-state index contributed by atoms with van der Waals surface area (Å²) in [7, 11) is 0. The van der Waals surface area contributed by atoms with Gasteiger partial charge in [-0.25, -0.2) is 4.79 Å². The molecule has 2 aliphatic heterocycles. The first-order valence-corrected chi connectivity index (χ1v) is 6.46. The zero-order valence-corrected chi connectivity index (χ0v) is 10.0. The van der Waals surface area contributed by atoms with Gasteiger partial charge in [-0.1, -0.05) is 6.42 Å². The maximum atomic E-state index is 11.7. The molecule has 0 unspecified atom stereocenters. The van der Waals surface area contributed by atoms with Gasteiger partial charge in [-0.3, -0.25) is 0 Å². The van der Waals surface area contributed by atoms with E-state index in [1.54, 1.807) is 0 Å². The summed E-state index contributed by atoms with van der Waals surface area (Å²) < 4.78 is 0.432. The number of carbonyl (C=O) groups excluding carboxylic acids is 1. The molecule has 2 heterocycles. The lowest BCUT2D eigenvalue weighted by Crippen LogP contribution is -2.65. The van der Waals surface area contributed by atoms with Crippen LogP contribution < -0.4 is 0 Å². The summed E-state index contributed by atoms with van der Waals surface area (Å²) in [6.45, 7) is 3.92. The number of hydrogen-bond donors (Lipinski definition) is 0. The van der Waals surface area contributed by atoms with Gasteiger partial charge in [0.2, 0.25) is 0 Å². The van der Waals surface area contributed by atoms with Crippen LogP contribution in [-0.4, -0.2) is 41.1 Å². The van der Waals surface area contributed by atoms with Gasteiger partial charge < -0.3 is 0 Å². The van der Waals surface area contributed by atoms with Crippen LogP contribution in [0.5, 0.6) is 0 Å². The highest BCUT2D eigenvalue weighted by molar-refractivity contribution is 6.60. The Hall–Kier alpha value is -0.120. The van der Waals surface area contributed by atoms with Gasteiger partial charge in [0.25, 0.3) is 0 Å². The van der Waals surface area contributed by atoms with Gasteiger partial charge in [0.1, 0.15) is 13.1 Å². The van der Waals surface area contributed by atoms with E-state index in [1.165, 1.54) is 25.7 Å². The maximum absolute atomic E-state index is 11.7. The summed E-state index contributed by atoms with van der Waals surface area (Å²) in [6, 6.07) is 0. The number of quaternary nitrogens is 1. The molecule has 4 heteroatoms. The zero-order chi connectivity index (χ0) is 10.7. The molecule has 0 aromatic rings. The van der Waals surface area contributed by atoms with Crippen molar-refractivity contribution in [1.29, 1.82) is 0 Å². The molecule has 86 valence electrons. The van der Waals surface area contributed by atoms with Crippen LogP contribution in [0.1, 0.15) is 38.5 Å². The first-order valence-electron chi connectivity index (χ1n) is 6.08. The highest BCUT2D eigenvalue weighted by Crippen LogP contribution is 2.27. The molecule has 0 bridgehead atoms. The van der Waals surface area contributed by atoms with Gasteiger partial charge >= 0.3 is 5.37 Å². The molecule has 0 aromatic heterocycles. The summed E-state index contributed by atoms with van der Waals surface area (Å²) in [5.41, 5.74) is 0. The highest BCUT2D eigenvalue weighted by Gasteiger charge is 2.43. The zero-order valence-electron chi connectivity index (χ0n) is 9.25. The Morgan fingerprint density at radius 3 is 2.00 bits per heavy atom. The smallest absolute Gasteiger partial charge is 0.211 e. The summed E-state index contributed by atoms with van der Waals surface area (Å²) >= 11 is 5.84. The average Bonchev–Trinajstić information content (AvgIpc) is 2.31. The molecule has 0 radical (unpaired) electrons. The summed E-state index contributed by atoms with van der Waals surface area (Å²) in [5, 5.41) is 2.13. The lowest BCUT2D eigenvalue weighted by molar-refractivity contribution is -0.966. The van der Waals surface area contributed by atoms with Gasteiger partial charge in [-0.15, -0.1) is 5.01 Å². The Morgan fingerprint density at radius 1 is 0.933 bits per heavy atom. The second-order valence-electron chi connectivity index (χ2n) is 4.70. The van der Waals surface area contributed by atoms with Gasteiger partial charge in [-0.05, 0) is 32.1 Å². The molecule has 0 N–H and O–H groups in total. The third-order valence-corrected chi connectivity index (χ3v) is 4.07. The molecule has 0 aromatic carbocycles. The lowest BCUT2D eigenvalue weighted by Gasteiger charge is -2.45. The molecule has 15 heavy (non-hydrogen) atoms. The van der Waals surface area contributed by atoms with Crippen molar-refractivity contribution in [2.24, 2.45) is 0 Å². The predicted molar refractivity (Wildman–Crippen MR) is 60.5 cm³/mol. The van der Waals surface area contributed by atoms with Crippen molar-refractivity contribution >= 4 is 17.0 Å². The molecular weight excluding hydrogens is 212 g/mol. The third-order valence-electron chi connectivity index (χ3n) is 3.76. The maximum Gasteiger partial charge on any atom is 0.431 e. The Kier molecular flexibility index (Phi) is 3.65. The number of carbonyl (C=O) groups is 1. The summed E-state index contributed by atoms with van der Waals surface area (Å²) in [5.74, 6) is 0. The van der Waals surface area contributed by atoms with Crippen LogP contribution in [0, 0.1) is 0 Å². The molecule has 2 rings (SSSR count). The molecule has 2 aliphatic rings. The van der Waals surface area contributed by atoms with E-state index in [4.69, 9.17) is 11.6 Å². The molecule has 0 spiro atoms. The average molecular weight is 232 g/mol. The Balaban J connectivity index is 2.12. The molecule has 1 amide bonds. The fourth-order valence-corrected chi connectivity index (χ4v) is 3.14. The largest absolute Gasteiger partial charge is 0.431 e. The monoisotopic (exact) mass is 231 g/mol. The summed E-state index contributed by atoms with van der Waals surface area (Å²) in [6.07, 6.45) is 7.24. The van der Waals surface area contributed by atoms with Crippen LogP contribution >= 0.6 is 11.6 Å². The molecule has 0 saturated carbocycles. The fourth-order valence-electron chi connectivity index (χ4n) is 2.87. The van der Waals surface area contributed by atoms with Crippen LogP contribution in [0.25, 0.3) is 0 Å². The first kappa shape index (κ1) is 11.4. The number of rotatable bonds is 1. The van der Waals surface area contributed by atoms with Gasteiger partial charge in [-0.2, -0.15) is 4.59 Å². The van der Waals surface area contributed by atoms with Crippen molar-refractivity contribution in [2.75, 3.05) is 26.2 Å². The Bertz CT molecular complexity index is 233. The predicted octanol–water partition coefficient (Wildman–Crippen LogP) is 2.75. The molecule has 2 fully saturated rings. The Labute approximate surface area is 96.5 Å². The van der Waals surface area contributed by atoms with Gasteiger partial charge in [0, 0.05) is 24.7 Å². The SMILES string of the molecule is O=C(Cl)[N+]1(N2CCCCC2)CCCCC1. The van der Waals surface area contributed by atoms with Crippen LogP contribution in [0.4, 0.5) is 4.79 Å². The highest BCUT2D eigenvalue weighted by atomic mass is 35.5. The van der Waals surface area contributed by atoms with Gasteiger partial charge in [0.15, 0.2) is 0 Å². The number of likely N-dealkylation sites (tertiary alicyclic amines) is 1. The minimum atomic E-state index is -0.170. The van der Waals surface area contributed by atoms with Crippen molar-refractivity contribution in [3.05, 3.63) is 0 Å². The molecular formula is C11H20ClN2O+. The van der Waals surface area contributed by atoms with Crippen molar-refractivity contribution in [1.82, 2.24) is 5.01 Å². The number of hydrogen-bond acceptors (Lipinski definition) is 2. The van der Waals surface area contributed by atoms with Crippen LogP contribution in [0.3, 0.4) is 0 Å².